The standard InChI is InChI=1S/C16H15BrFN/c17-13-5-6-15-12(9-13)4-7-16(15)19-10-11-2-1-3-14(18)8-11/h1-3,5-6,8-9,16,19H,4,7,10H2. The molecule has 3 rings (SSSR count). The quantitative estimate of drug-likeness (QED) is 0.886. The second-order valence-corrected chi connectivity index (χ2v) is 5.86. The van der Waals surface area contributed by atoms with Gasteiger partial charge in [0.05, 0.1) is 0 Å². The fourth-order valence-corrected chi connectivity index (χ4v) is 3.09. The van der Waals surface area contributed by atoms with Gasteiger partial charge in [0.2, 0.25) is 0 Å². The van der Waals surface area contributed by atoms with Gasteiger partial charge in [-0.05, 0) is 53.8 Å². The van der Waals surface area contributed by atoms with Gasteiger partial charge in [-0.1, -0.05) is 34.1 Å². The van der Waals surface area contributed by atoms with Gasteiger partial charge >= 0.3 is 0 Å². The summed E-state index contributed by atoms with van der Waals surface area (Å²) in [6, 6.07) is 13.6. The van der Waals surface area contributed by atoms with Crippen molar-refractivity contribution in [3.8, 4) is 0 Å². The highest BCUT2D eigenvalue weighted by Gasteiger charge is 2.21. The third-order valence-corrected chi connectivity index (χ3v) is 4.12. The van der Waals surface area contributed by atoms with Crippen LogP contribution in [0.5, 0.6) is 0 Å². The van der Waals surface area contributed by atoms with E-state index in [1.807, 2.05) is 6.07 Å². The smallest absolute Gasteiger partial charge is 0.123 e. The first-order valence-electron chi connectivity index (χ1n) is 6.48. The molecule has 0 amide bonds. The molecule has 0 saturated heterocycles. The molecule has 0 fully saturated rings. The highest BCUT2D eigenvalue weighted by atomic mass is 79.9. The lowest BCUT2D eigenvalue weighted by Crippen LogP contribution is -2.18. The summed E-state index contributed by atoms with van der Waals surface area (Å²) in [5, 5.41) is 3.52. The molecule has 0 radical (unpaired) electrons. The van der Waals surface area contributed by atoms with Crippen molar-refractivity contribution in [2.24, 2.45) is 0 Å². The molecule has 19 heavy (non-hydrogen) atoms. The highest BCUT2D eigenvalue weighted by Crippen LogP contribution is 2.33. The first kappa shape index (κ1) is 12.8. The summed E-state index contributed by atoms with van der Waals surface area (Å²) in [6.07, 6.45) is 2.22. The summed E-state index contributed by atoms with van der Waals surface area (Å²) in [5.74, 6) is -0.171. The number of benzene rings is 2. The molecule has 1 unspecified atom stereocenters. The van der Waals surface area contributed by atoms with Gasteiger partial charge in [0.1, 0.15) is 5.82 Å². The molecule has 1 aliphatic rings. The Labute approximate surface area is 121 Å². The molecule has 2 aromatic rings. The molecule has 0 aromatic heterocycles. The van der Waals surface area contributed by atoms with E-state index in [0.29, 0.717) is 12.6 Å². The van der Waals surface area contributed by atoms with E-state index in [1.165, 1.54) is 17.2 Å². The Bertz CT molecular complexity index is 597. The molecular formula is C16H15BrFN. The summed E-state index contributed by atoms with van der Waals surface area (Å²) in [5.41, 5.74) is 3.77. The van der Waals surface area contributed by atoms with Gasteiger partial charge in [-0.2, -0.15) is 0 Å². The number of aryl methyl sites for hydroxylation is 1. The van der Waals surface area contributed by atoms with Gasteiger partial charge < -0.3 is 5.32 Å². The fraction of sp³-hybridized carbons (Fsp3) is 0.250. The molecule has 1 aliphatic carbocycles. The van der Waals surface area contributed by atoms with Crippen LogP contribution in [-0.2, 0) is 13.0 Å². The number of rotatable bonds is 3. The zero-order valence-electron chi connectivity index (χ0n) is 10.5. The van der Waals surface area contributed by atoms with E-state index >= 15 is 0 Å². The van der Waals surface area contributed by atoms with Crippen molar-refractivity contribution >= 4 is 15.9 Å². The zero-order valence-corrected chi connectivity index (χ0v) is 12.1. The average Bonchev–Trinajstić information content (AvgIpc) is 2.78. The molecule has 0 saturated carbocycles. The van der Waals surface area contributed by atoms with Gasteiger partial charge in [-0.25, -0.2) is 4.39 Å². The summed E-state index contributed by atoms with van der Waals surface area (Å²) < 4.78 is 14.3. The van der Waals surface area contributed by atoms with Crippen molar-refractivity contribution in [2.45, 2.75) is 25.4 Å². The predicted octanol–water partition coefficient (Wildman–Crippen LogP) is 4.37. The Kier molecular flexibility index (Phi) is 3.67. The number of fused-ring (bicyclic) bond motifs is 1. The van der Waals surface area contributed by atoms with Crippen molar-refractivity contribution in [1.82, 2.24) is 5.32 Å². The highest BCUT2D eigenvalue weighted by molar-refractivity contribution is 9.10. The van der Waals surface area contributed by atoms with Crippen LogP contribution in [-0.4, -0.2) is 0 Å². The molecule has 1 atom stereocenters. The van der Waals surface area contributed by atoms with Crippen LogP contribution in [0.25, 0.3) is 0 Å². The van der Waals surface area contributed by atoms with Crippen LogP contribution in [0, 0.1) is 5.82 Å². The van der Waals surface area contributed by atoms with Gasteiger partial charge in [-0.15, -0.1) is 0 Å². The Morgan fingerprint density at radius 3 is 2.95 bits per heavy atom. The van der Waals surface area contributed by atoms with Crippen molar-refractivity contribution in [1.29, 1.82) is 0 Å². The maximum absolute atomic E-state index is 13.1. The minimum atomic E-state index is -0.171. The topological polar surface area (TPSA) is 12.0 Å². The van der Waals surface area contributed by atoms with Gasteiger partial charge in [-0.3, -0.25) is 0 Å². The number of hydrogen-bond acceptors (Lipinski definition) is 1. The van der Waals surface area contributed by atoms with E-state index in [9.17, 15) is 4.39 Å². The fourth-order valence-electron chi connectivity index (χ4n) is 2.69. The summed E-state index contributed by atoms with van der Waals surface area (Å²) in [6.45, 7) is 0.706. The molecule has 0 heterocycles. The summed E-state index contributed by atoms with van der Waals surface area (Å²) in [4.78, 5) is 0. The third-order valence-electron chi connectivity index (χ3n) is 3.62. The molecule has 1 nitrogen and oxygen atoms in total. The van der Waals surface area contributed by atoms with E-state index in [0.717, 1.165) is 22.9 Å². The number of nitrogens with one attached hydrogen (secondary N) is 1. The van der Waals surface area contributed by atoms with Crippen molar-refractivity contribution in [3.63, 3.8) is 0 Å². The maximum Gasteiger partial charge on any atom is 0.123 e. The number of hydrogen-bond donors (Lipinski definition) is 1. The first-order valence-corrected chi connectivity index (χ1v) is 7.28. The second-order valence-electron chi connectivity index (χ2n) is 4.95. The van der Waals surface area contributed by atoms with Crippen molar-refractivity contribution < 1.29 is 4.39 Å². The van der Waals surface area contributed by atoms with Gasteiger partial charge in [0.15, 0.2) is 0 Å². The Hall–Kier alpha value is -1.19. The third kappa shape index (κ3) is 2.88. The lowest BCUT2D eigenvalue weighted by molar-refractivity contribution is 0.528. The SMILES string of the molecule is Fc1cccc(CNC2CCc3cc(Br)ccc32)c1. The normalized spacial score (nSPS) is 17.5. The molecule has 98 valence electrons. The number of halogens is 2. The van der Waals surface area contributed by atoms with Gasteiger partial charge in [0.25, 0.3) is 0 Å². The Balaban J connectivity index is 1.70. The van der Waals surface area contributed by atoms with Crippen LogP contribution in [0.3, 0.4) is 0 Å². The first-order chi connectivity index (χ1) is 9.22. The van der Waals surface area contributed by atoms with Crippen LogP contribution in [0.4, 0.5) is 4.39 Å². The van der Waals surface area contributed by atoms with E-state index in [4.69, 9.17) is 0 Å². The lowest BCUT2D eigenvalue weighted by Gasteiger charge is -2.14. The molecule has 1 N–H and O–H groups in total. The second kappa shape index (κ2) is 5.43. The zero-order chi connectivity index (χ0) is 13.2. The summed E-state index contributed by atoms with van der Waals surface area (Å²) in [7, 11) is 0. The lowest BCUT2D eigenvalue weighted by atomic mass is 10.1. The van der Waals surface area contributed by atoms with Crippen LogP contribution in [0.15, 0.2) is 46.9 Å². The maximum atomic E-state index is 13.1. The van der Waals surface area contributed by atoms with Crippen molar-refractivity contribution in [2.75, 3.05) is 0 Å². The average molecular weight is 320 g/mol. The van der Waals surface area contributed by atoms with Crippen LogP contribution < -0.4 is 5.32 Å². The van der Waals surface area contributed by atoms with E-state index < -0.39 is 0 Å². The van der Waals surface area contributed by atoms with Crippen LogP contribution in [0.1, 0.15) is 29.2 Å². The molecular weight excluding hydrogens is 305 g/mol. The van der Waals surface area contributed by atoms with Crippen molar-refractivity contribution in [3.05, 3.63) is 69.4 Å². The predicted molar refractivity (Wildman–Crippen MR) is 78.4 cm³/mol. The molecule has 0 spiro atoms. The minimum absolute atomic E-state index is 0.171. The van der Waals surface area contributed by atoms with Gasteiger partial charge in [0, 0.05) is 17.1 Å². The van der Waals surface area contributed by atoms with Crippen LogP contribution >= 0.6 is 15.9 Å². The molecule has 2 aromatic carbocycles. The van der Waals surface area contributed by atoms with E-state index in [2.05, 4.69) is 39.4 Å². The van der Waals surface area contributed by atoms with E-state index in [1.54, 1.807) is 12.1 Å². The van der Waals surface area contributed by atoms with E-state index in [-0.39, 0.29) is 5.82 Å². The minimum Gasteiger partial charge on any atom is -0.306 e. The van der Waals surface area contributed by atoms with Crippen LogP contribution in [0.2, 0.25) is 0 Å². The molecule has 3 heteroatoms. The Morgan fingerprint density at radius 2 is 2.11 bits per heavy atom. The molecule has 0 aliphatic heterocycles. The Morgan fingerprint density at radius 1 is 1.21 bits per heavy atom. The molecule has 0 bridgehead atoms. The largest absolute Gasteiger partial charge is 0.306 e. The monoisotopic (exact) mass is 319 g/mol. The summed E-state index contributed by atoms with van der Waals surface area (Å²) >= 11 is 3.51.